The van der Waals surface area contributed by atoms with E-state index in [0.29, 0.717) is 5.78 Å². The number of carbonyl (C=O) groups is 1. The smallest absolute Gasteiger partial charge is 0.234 e. The first kappa shape index (κ1) is 16.2. The van der Waals surface area contributed by atoms with Gasteiger partial charge in [-0.05, 0) is 38.0 Å². The Labute approximate surface area is 141 Å². The summed E-state index contributed by atoms with van der Waals surface area (Å²) in [6.07, 6.45) is 5.38. The molecule has 0 aliphatic carbocycles. The van der Waals surface area contributed by atoms with Crippen LogP contribution in [0.15, 0.2) is 42.7 Å². The van der Waals surface area contributed by atoms with Crippen LogP contribution in [0.5, 0.6) is 0 Å². The molecule has 1 N–H and O–H groups in total. The molecule has 0 saturated carbocycles. The van der Waals surface area contributed by atoms with Crippen molar-refractivity contribution in [3.63, 3.8) is 0 Å². The summed E-state index contributed by atoms with van der Waals surface area (Å²) in [6.45, 7) is 6.10. The molecule has 0 bridgehead atoms. The van der Waals surface area contributed by atoms with E-state index in [9.17, 15) is 4.79 Å². The number of nitrogens with one attached hydrogen (secondary N) is 1. The number of benzene rings is 1. The van der Waals surface area contributed by atoms with Crippen molar-refractivity contribution < 1.29 is 4.79 Å². The number of hydrogen-bond donors (Lipinski definition) is 1. The number of fused-ring (bicyclic) bond motifs is 1. The van der Waals surface area contributed by atoms with Crippen LogP contribution in [0.3, 0.4) is 0 Å². The quantitative estimate of drug-likeness (QED) is 0.770. The summed E-state index contributed by atoms with van der Waals surface area (Å²) in [7, 11) is 0. The van der Waals surface area contributed by atoms with E-state index in [1.807, 2.05) is 61.7 Å². The Hall–Kier alpha value is -2.69. The van der Waals surface area contributed by atoms with Gasteiger partial charge in [-0.2, -0.15) is 0 Å². The predicted octanol–water partition coefficient (Wildman–Crippen LogP) is 4.08. The summed E-state index contributed by atoms with van der Waals surface area (Å²) in [5.41, 5.74) is 3.68. The topological polar surface area (TPSA) is 59.3 Å². The molecule has 24 heavy (non-hydrogen) atoms. The largest absolute Gasteiger partial charge is 0.326 e. The van der Waals surface area contributed by atoms with Gasteiger partial charge in [0.2, 0.25) is 11.7 Å². The third-order valence-electron chi connectivity index (χ3n) is 4.40. The molecule has 0 spiro atoms. The minimum Gasteiger partial charge on any atom is -0.326 e. The summed E-state index contributed by atoms with van der Waals surface area (Å²) in [5, 5.41) is 3.02. The molecular formula is C19H22N4O. The molecule has 0 aliphatic rings. The number of amides is 1. The van der Waals surface area contributed by atoms with Crippen LogP contribution in [0.1, 0.15) is 32.4 Å². The van der Waals surface area contributed by atoms with Gasteiger partial charge in [0.15, 0.2) is 0 Å². The lowest BCUT2D eigenvalue weighted by Gasteiger charge is -2.13. The second-order valence-corrected chi connectivity index (χ2v) is 5.92. The van der Waals surface area contributed by atoms with E-state index in [-0.39, 0.29) is 11.8 Å². The number of imidazole rings is 1. The number of hydrogen-bond acceptors (Lipinski definition) is 3. The number of rotatable bonds is 5. The summed E-state index contributed by atoms with van der Waals surface area (Å²) < 4.78 is 1.96. The van der Waals surface area contributed by atoms with Crippen LogP contribution in [0.2, 0.25) is 0 Å². The van der Waals surface area contributed by atoms with E-state index in [4.69, 9.17) is 0 Å². The van der Waals surface area contributed by atoms with Gasteiger partial charge >= 0.3 is 0 Å². The van der Waals surface area contributed by atoms with Crippen molar-refractivity contribution in [1.29, 1.82) is 0 Å². The van der Waals surface area contributed by atoms with Gasteiger partial charge in [0.25, 0.3) is 0 Å². The lowest BCUT2D eigenvalue weighted by Crippen LogP contribution is -2.21. The van der Waals surface area contributed by atoms with Gasteiger partial charge in [-0.1, -0.05) is 26.0 Å². The van der Waals surface area contributed by atoms with Gasteiger partial charge in [0.1, 0.15) is 0 Å². The van der Waals surface area contributed by atoms with Crippen molar-refractivity contribution in [2.24, 2.45) is 5.92 Å². The van der Waals surface area contributed by atoms with E-state index >= 15 is 0 Å². The highest BCUT2D eigenvalue weighted by molar-refractivity contribution is 5.93. The molecule has 5 heteroatoms. The molecule has 0 unspecified atom stereocenters. The van der Waals surface area contributed by atoms with E-state index in [1.165, 1.54) is 0 Å². The Kier molecular flexibility index (Phi) is 4.60. The zero-order valence-corrected chi connectivity index (χ0v) is 14.3. The average molecular weight is 322 g/mol. The second-order valence-electron chi connectivity index (χ2n) is 5.92. The SMILES string of the molecule is CCC(CC)C(=O)Nc1cccc(-c2nc3ncccn3c2C)c1. The highest BCUT2D eigenvalue weighted by atomic mass is 16.1. The van der Waals surface area contributed by atoms with Crippen molar-refractivity contribution in [3.8, 4) is 11.3 Å². The second kappa shape index (κ2) is 6.83. The minimum absolute atomic E-state index is 0.0507. The van der Waals surface area contributed by atoms with E-state index in [0.717, 1.165) is 35.5 Å². The standard InChI is InChI=1S/C19H22N4O/c1-4-14(5-2)18(24)21-16-9-6-8-15(12-16)17-13(3)23-11-7-10-20-19(23)22-17/h6-12,14H,4-5H2,1-3H3,(H,21,24). The molecule has 0 radical (unpaired) electrons. The summed E-state index contributed by atoms with van der Waals surface area (Å²) >= 11 is 0. The summed E-state index contributed by atoms with van der Waals surface area (Å²) in [4.78, 5) is 21.2. The van der Waals surface area contributed by atoms with Crippen LogP contribution in [0, 0.1) is 12.8 Å². The van der Waals surface area contributed by atoms with Gasteiger partial charge in [0, 0.05) is 35.3 Å². The van der Waals surface area contributed by atoms with E-state index < -0.39 is 0 Å². The van der Waals surface area contributed by atoms with Crippen molar-refractivity contribution in [1.82, 2.24) is 14.4 Å². The maximum absolute atomic E-state index is 12.3. The van der Waals surface area contributed by atoms with Crippen LogP contribution in [0.25, 0.3) is 17.0 Å². The molecule has 1 aromatic carbocycles. The number of carbonyl (C=O) groups excluding carboxylic acids is 1. The molecule has 3 rings (SSSR count). The first-order valence-corrected chi connectivity index (χ1v) is 8.35. The number of aromatic nitrogens is 3. The van der Waals surface area contributed by atoms with Gasteiger partial charge < -0.3 is 5.32 Å². The normalized spacial score (nSPS) is 11.2. The third kappa shape index (κ3) is 3.02. The zero-order valence-electron chi connectivity index (χ0n) is 14.3. The van der Waals surface area contributed by atoms with Gasteiger partial charge in [-0.25, -0.2) is 9.97 Å². The fourth-order valence-corrected chi connectivity index (χ4v) is 2.92. The van der Waals surface area contributed by atoms with Crippen molar-refractivity contribution in [3.05, 3.63) is 48.4 Å². The molecule has 2 heterocycles. The molecule has 0 aliphatic heterocycles. The van der Waals surface area contributed by atoms with Crippen LogP contribution in [0.4, 0.5) is 5.69 Å². The summed E-state index contributed by atoms with van der Waals surface area (Å²) in [6, 6.07) is 9.70. The van der Waals surface area contributed by atoms with Crippen molar-refractivity contribution in [2.75, 3.05) is 5.32 Å². The first-order valence-electron chi connectivity index (χ1n) is 8.35. The van der Waals surface area contributed by atoms with Gasteiger partial charge in [0.05, 0.1) is 5.69 Å². The Balaban J connectivity index is 1.92. The lowest BCUT2D eigenvalue weighted by atomic mass is 10.0. The molecule has 0 fully saturated rings. The molecule has 2 aromatic heterocycles. The molecular weight excluding hydrogens is 300 g/mol. The van der Waals surface area contributed by atoms with Crippen molar-refractivity contribution >= 4 is 17.4 Å². The maximum atomic E-state index is 12.3. The van der Waals surface area contributed by atoms with Crippen LogP contribution in [-0.2, 0) is 4.79 Å². The van der Waals surface area contributed by atoms with Crippen LogP contribution >= 0.6 is 0 Å². The molecule has 0 atom stereocenters. The van der Waals surface area contributed by atoms with Crippen LogP contribution < -0.4 is 5.32 Å². The zero-order chi connectivity index (χ0) is 17.1. The maximum Gasteiger partial charge on any atom is 0.234 e. The Morgan fingerprint density at radius 1 is 1.25 bits per heavy atom. The molecule has 124 valence electrons. The minimum atomic E-state index is 0.0507. The molecule has 5 nitrogen and oxygen atoms in total. The fraction of sp³-hybridized carbons (Fsp3) is 0.316. The Bertz CT molecular complexity index is 865. The highest BCUT2D eigenvalue weighted by Gasteiger charge is 2.15. The average Bonchev–Trinajstić information content (AvgIpc) is 2.93. The van der Waals surface area contributed by atoms with E-state index in [1.54, 1.807) is 6.20 Å². The lowest BCUT2D eigenvalue weighted by molar-refractivity contribution is -0.120. The predicted molar refractivity (Wildman–Crippen MR) is 95.9 cm³/mol. The number of nitrogens with zero attached hydrogens (tertiary/aromatic N) is 3. The number of anilines is 1. The van der Waals surface area contributed by atoms with Gasteiger partial charge in [-0.15, -0.1) is 0 Å². The van der Waals surface area contributed by atoms with Crippen molar-refractivity contribution in [2.45, 2.75) is 33.6 Å². The third-order valence-corrected chi connectivity index (χ3v) is 4.40. The Morgan fingerprint density at radius 2 is 2.04 bits per heavy atom. The molecule has 3 aromatic rings. The first-order chi connectivity index (χ1) is 11.6. The highest BCUT2D eigenvalue weighted by Crippen LogP contribution is 2.26. The fourth-order valence-electron chi connectivity index (χ4n) is 2.92. The monoisotopic (exact) mass is 322 g/mol. The summed E-state index contributed by atoms with van der Waals surface area (Å²) in [5.74, 6) is 0.803. The Morgan fingerprint density at radius 3 is 2.75 bits per heavy atom. The number of aryl methyl sites for hydroxylation is 1. The van der Waals surface area contributed by atoms with Crippen LogP contribution in [-0.4, -0.2) is 20.3 Å². The molecule has 1 amide bonds. The molecule has 0 saturated heterocycles. The van der Waals surface area contributed by atoms with Gasteiger partial charge in [-0.3, -0.25) is 9.20 Å². The van der Waals surface area contributed by atoms with E-state index in [2.05, 4.69) is 15.3 Å².